The first-order chi connectivity index (χ1) is 5.24. The SMILES string of the molecule is N#CCc1cc(F)cnc1Br. The molecular formula is C7H4BrFN2. The fourth-order valence-electron chi connectivity index (χ4n) is 0.674. The van der Waals surface area contributed by atoms with Gasteiger partial charge in [0, 0.05) is 5.56 Å². The fourth-order valence-corrected chi connectivity index (χ4v) is 1.03. The molecule has 0 aromatic carbocycles. The van der Waals surface area contributed by atoms with Crippen LogP contribution < -0.4 is 0 Å². The van der Waals surface area contributed by atoms with Gasteiger partial charge in [0.25, 0.3) is 0 Å². The minimum atomic E-state index is -0.418. The molecule has 0 aliphatic rings. The molecule has 0 unspecified atom stereocenters. The van der Waals surface area contributed by atoms with Crippen LogP contribution in [0.25, 0.3) is 0 Å². The Labute approximate surface area is 71.8 Å². The van der Waals surface area contributed by atoms with Crippen molar-refractivity contribution in [3.63, 3.8) is 0 Å². The number of nitriles is 1. The maximum Gasteiger partial charge on any atom is 0.141 e. The second-order valence-electron chi connectivity index (χ2n) is 1.94. The van der Waals surface area contributed by atoms with E-state index in [0.29, 0.717) is 10.2 Å². The Morgan fingerprint density at radius 3 is 3.09 bits per heavy atom. The number of halogens is 2. The number of hydrogen-bond acceptors (Lipinski definition) is 2. The molecule has 0 aliphatic heterocycles. The molecule has 0 atom stereocenters. The maximum atomic E-state index is 12.5. The molecule has 1 heterocycles. The van der Waals surface area contributed by atoms with Crippen molar-refractivity contribution in [2.45, 2.75) is 6.42 Å². The molecule has 4 heteroatoms. The molecular weight excluding hydrogens is 211 g/mol. The lowest BCUT2D eigenvalue weighted by Gasteiger charge is -1.96. The lowest BCUT2D eigenvalue weighted by Crippen LogP contribution is -1.89. The van der Waals surface area contributed by atoms with E-state index in [0.717, 1.165) is 6.20 Å². The highest BCUT2D eigenvalue weighted by Gasteiger charge is 2.01. The number of aromatic nitrogens is 1. The van der Waals surface area contributed by atoms with Gasteiger partial charge in [0.05, 0.1) is 18.7 Å². The topological polar surface area (TPSA) is 36.7 Å². The zero-order valence-electron chi connectivity index (χ0n) is 5.51. The summed E-state index contributed by atoms with van der Waals surface area (Å²) < 4.78 is 13.0. The van der Waals surface area contributed by atoms with Gasteiger partial charge in [-0.2, -0.15) is 5.26 Å². The molecule has 1 aromatic rings. The van der Waals surface area contributed by atoms with E-state index in [1.165, 1.54) is 6.07 Å². The van der Waals surface area contributed by atoms with Crippen molar-refractivity contribution in [3.05, 3.63) is 28.2 Å². The molecule has 0 aliphatic carbocycles. The average Bonchev–Trinajstić information content (AvgIpc) is 1.98. The van der Waals surface area contributed by atoms with E-state index < -0.39 is 5.82 Å². The molecule has 0 radical (unpaired) electrons. The Kier molecular flexibility index (Phi) is 2.55. The summed E-state index contributed by atoms with van der Waals surface area (Å²) in [6, 6.07) is 3.21. The van der Waals surface area contributed by atoms with Crippen LogP contribution in [-0.2, 0) is 6.42 Å². The van der Waals surface area contributed by atoms with Gasteiger partial charge in [0.15, 0.2) is 0 Å². The molecule has 1 rings (SSSR count). The van der Waals surface area contributed by atoms with Gasteiger partial charge in [-0.05, 0) is 22.0 Å². The van der Waals surface area contributed by atoms with Gasteiger partial charge in [0.1, 0.15) is 10.4 Å². The molecule has 2 nitrogen and oxygen atoms in total. The van der Waals surface area contributed by atoms with E-state index in [4.69, 9.17) is 5.26 Å². The van der Waals surface area contributed by atoms with Crippen molar-refractivity contribution < 1.29 is 4.39 Å². The summed E-state index contributed by atoms with van der Waals surface area (Å²) in [4.78, 5) is 3.69. The third-order valence-corrected chi connectivity index (χ3v) is 1.86. The highest BCUT2D eigenvalue weighted by atomic mass is 79.9. The molecule has 0 amide bonds. The quantitative estimate of drug-likeness (QED) is 0.672. The normalized spacial score (nSPS) is 9.18. The van der Waals surface area contributed by atoms with E-state index >= 15 is 0 Å². The lowest BCUT2D eigenvalue weighted by molar-refractivity contribution is 0.618. The van der Waals surface area contributed by atoms with Crippen LogP contribution in [0, 0.1) is 17.1 Å². The summed E-state index contributed by atoms with van der Waals surface area (Å²) >= 11 is 3.10. The largest absolute Gasteiger partial charge is 0.246 e. The Morgan fingerprint density at radius 2 is 2.45 bits per heavy atom. The lowest BCUT2D eigenvalue weighted by atomic mass is 10.2. The van der Waals surface area contributed by atoms with Gasteiger partial charge in [0.2, 0.25) is 0 Å². The summed E-state index contributed by atoms with van der Waals surface area (Å²) in [7, 11) is 0. The minimum absolute atomic E-state index is 0.172. The monoisotopic (exact) mass is 214 g/mol. The van der Waals surface area contributed by atoms with Crippen molar-refractivity contribution in [1.82, 2.24) is 4.98 Å². The highest BCUT2D eigenvalue weighted by molar-refractivity contribution is 9.10. The molecule has 1 aromatic heterocycles. The summed E-state index contributed by atoms with van der Waals surface area (Å²) in [6.45, 7) is 0. The molecule has 0 spiro atoms. The molecule has 11 heavy (non-hydrogen) atoms. The summed E-state index contributed by atoms with van der Waals surface area (Å²) in [5.74, 6) is -0.418. The smallest absolute Gasteiger partial charge is 0.141 e. The summed E-state index contributed by atoms with van der Waals surface area (Å²) in [5, 5.41) is 8.31. The van der Waals surface area contributed by atoms with Crippen LogP contribution in [0.3, 0.4) is 0 Å². The standard InChI is InChI=1S/C7H4BrFN2/c8-7-5(1-2-10)3-6(9)4-11-7/h3-4H,1H2. The Bertz CT molecular complexity index is 306. The fraction of sp³-hybridized carbons (Fsp3) is 0.143. The first-order valence-corrected chi connectivity index (χ1v) is 3.70. The Hall–Kier alpha value is -0.950. The van der Waals surface area contributed by atoms with Gasteiger partial charge in [-0.3, -0.25) is 0 Å². The third-order valence-electron chi connectivity index (χ3n) is 1.15. The van der Waals surface area contributed by atoms with E-state index in [1.807, 2.05) is 6.07 Å². The van der Waals surface area contributed by atoms with Crippen molar-refractivity contribution in [3.8, 4) is 6.07 Å². The Morgan fingerprint density at radius 1 is 1.73 bits per heavy atom. The first-order valence-electron chi connectivity index (χ1n) is 2.91. The predicted molar refractivity (Wildman–Crippen MR) is 41.2 cm³/mol. The second-order valence-corrected chi connectivity index (χ2v) is 2.69. The molecule has 56 valence electrons. The van der Waals surface area contributed by atoms with Crippen molar-refractivity contribution in [2.24, 2.45) is 0 Å². The first kappa shape index (κ1) is 8.15. The van der Waals surface area contributed by atoms with Gasteiger partial charge < -0.3 is 0 Å². The van der Waals surface area contributed by atoms with Gasteiger partial charge in [-0.1, -0.05) is 0 Å². The number of pyridine rings is 1. The zero-order valence-corrected chi connectivity index (χ0v) is 7.10. The van der Waals surface area contributed by atoms with Crippen LogP contribution in [-0.4, -0.2) is 4.98 Å². The minimum Gasteiger partial charge on any atom is -0.246 e. The van der Waals surface area contributed by atoms with Gasteiger partial charge in [-0.25, -0.2) is 9.37 Å². The van der Waals surface area contributed by atoms with E-state index in [1.54, 1.807) is 0 Å². The second kappa shape index (κ2) is 3.44. The average molecular weight is 215 g/mol. The number of nitrogens with zero attached hydrogens (tertiary/aromatic N) is 2. The van der Waals surface area contributed by atoms with Crippen molar-refractivity contribution in [2.75, 3.05) is 0 Å². The van der Waals surface area contributed by atoms with Crippen LogP contribution >= 0.6 is 15.9 Å². The van der Waals surface area contributed by atoms with Gasteiger partial charge >= 0.3 is 0 Å². The number of rotatable bonds is 1. The summed E-state index contributed by atoms with van der Waals surface area (Å²) in [6.07, 6.45) is 1.27. The van der Waals surface area contributed by atoms with Crippen LogP contribution in [0.4, 0.5) is 4.39 Å². The molecule has 0 saturated heterocycles. The van der Waals surface area contributed by atoms with Crippen LogP contribution in [0.15, 0.2) is 16.9 Å². The van der Waals surface area contributed by atoms with E-state index in [2.05, 4.69) is 20.9 Å². The predicted octanol–water partition coefficient (Wildman–Crippen LogP) is 2.05. The molecule has 0 bridgehead atoms. The summed E-state index contributed by atoms with van der Waals surface area (Å²) in [5.41, 5.74) is 0.576. The van der Waals surface area contributed by atoms with E-state index in [9.17, 15) is 4.39 Å². The van der Waals surface area contributed by atoms with Crippen molar-refractivity contribution in [1.29, 1.82) is 5.26 Å². The van der Waals surface area contributed by atoms with Crippen LogP contribution in [0.2, 0.25) is 0 Å². The van der Waals surface area contributed by atoms with Crippen LogP contribution in [0.1, 0.15) is 5.56 Å². The number of hydrogen-bond donors (Lipinski definition) is 0. The molecule has 0 fully saturated rings. The maximum absolute atomic E-state index is 12.5. The van der Waals surface area contributed by atoms with Crippen LogP contribution in [0.5, 0.6) is 0 Å². The highest BCUT2D eigenvalue weighted by Crippen LogP contribution is 2.14. The Balaban J connectivity index is 3.05. The zero-order chi connectivity index (χ0) is 8.27. The molecule has 0 saturated carbocycles. The van der Waals surface area contributed by atoms with Gasteiger partial charge in [-0.15, -0.1) is 0 Å². The molecule has 0 N–H and O–H groups in total. The third kappa shape index (κ3) is 1.99. The van der Waals surface area contributed by atoms with E-state index in [-0.39, 0.29) is 6.42 Å². The van der Waals surface area contributed by atoms with Crippen molar-refractivity contribution >= 4 is 15.9 Å².